The van der Waals surface area contributed by atoms with Crippen molar-refractivity contribution in [3.8, 4) is 11.3 Å². The van der Waals surface area contributed by atoms with Gasteiger partial charge in [-0.05, 0) is 53.6 Å². The van der Waals surface area contributed by atoms with Gasteiger partial charge in [0.15, 0.2) is 6.23 Å². The fraction of sp³-hybridized carbons (Fsp3) is 0.545. The van der Waals surface area contributed by atoms with Crippen LogP contribution in [0.5, 0.6) is 0 Å². The number of ether oxygens (including phenoxy) is 2. The summed E-state index contributed by atoms with van der Waals surface area (Å²) in [4.78, 5) is 4.72. The molecule has 3 aromatic heterocycles. The van der Waals surface area contributed by atoms with E-state index in [-0.39, 0.29) is 6.23 Å². The van der Waals surface area contributed by atoms with Gasteiger partial charge in [-0.2, -0.15) is 16.9 Å². The summed E-state index contributed by atoms with van der Waals surface area (Å²) in [6.45, 7) is 7.90. The Kier molecular flexibility index (Phi) is 8.01. The lowest BCUT2D eigenvalue weighted by Crippen LogP contribution is -2.20. The molecule has 1 atom stereocenters. The van der Waals surface area contributed by atoms with Crippen LogP contribution in [0.3, 0.4) is 0 Å². The topological polar surface area (TPSA) is 53.6 Å². The van der Waals surface area contributed by atoms with Gasteiger partial charge in [-0.25, -0.2) is 9.67 Å². The molecule has 1 aliphatic rings. The van der Waals surface area contributed by atoms with Crippen molar-refractivity contribution in [3.63, 3.8) is 0 Å². The van der Waals surface area contributed by atoms with Gasteiger partial charge in [0.05, 0.1) is 18.0 Å². The second kappa shape index (κ2) is 10.3. The van der Waals surface area contributed by atoms with Gasteiger partial charge >= 0.3 is 0 Å². The number of nitrogens with zero attached hydrogens (tertiary/aromatic N) is 4. The van der Waals surface area contributed by atoms with Crippen molar-refractivity contribution in [3.05, 3.63) is 40.9 Å². The Morgan fingerprint density at radius 3 is 2.70 bits per heavy atom. The highest BCUT2D eigenvalue weighted by Gasteiger charge is 2.21. The summed E-state index contributed by atoms with van der Waals surface area (Å²) in [5.74, 6) is 0. The van der Waals surface area contributed by atoms with E-state index in [1.54, 1.807) is 7.11 Å². The van der Waals surface area contributed by atoms with Crippen LogP contribution >= 0.6 is 27.7 Å². The van der Waals surface area contributed by atoms with Crippen molar-refractivity contribution in [2.45, 2.75) is 57.6 Å². The molecular weight excluding hydrogens is 464 g/mol. The van der Waals surface area contributed by atoms with Crippen LogP contribution in [0.15, 0.2) is 35.2 Å². The molecule has 0 spiro atoms. The van der Waals surface area contributed by atoms with E-state index in [4.69, 9.17) is 14.5 Å². The first-order valence-corrected chi connectivity index (χ1v) is 12.2. The number of thioether (sulfide) groups is 1. The van der Waals surface area contributed by atoms with Gasteiger partial charge in [0.25, 0.3) is 0 Å². The third kappa shape index (κ3) is 5.87. The summed E-state index contributed by atoms with van der Waals surface area (Å²) >= 11 is 5.48. The first-order valence-electron chi connectivity index (χ1n) is 10.2. The van der Waals surface area contributed by atoms with Crippen LogP contribution in [0.1, 0.15) is 52.0 Å². The number of hydrogen-bond acceptors (Lipinski definition) is 5. The largest absolute Gasteiger partial charge is 0.378 e. The number of rotatable bonds is 4. The molecule has 4 heterocycles. The molecule has 0 N–H and O–H groups in total. The van der Waals surface area contributed by atoms with Gasteiger partial charge in [-0.3, -0.25) is 0 Å². The first kappa shape index (κ1) is 23.3. The molecular formula is C22H31BrN4O2S. The minimum Gasteiger partial charge on any atom is -0.378 e. The Balaban J connectivity index is 0.000000377. The van der Waals surface area contributed by atoms with Crippen LogP contribution in [0, 0.1) is 0 Å². The van der Waals surface area contributed by atoms with E-state index in [0.717, 1.165) is 46.5 Å². The van der Waals surface area contributed by atoms with E-state index >= 15 is 0 Å². The molecule has 0 aliphatic carbocycles. The second-order valence-corrected chi connectivity index (χ2v) is 10.8. The minimum absolute atomic E-state index is 0.00353. The molecule has 8 heteroatoms. The Labute approximate surface area is 191 Å². The van der Waals surface area contributed by atoms with Crippen LogP contribution < -0.4 is 0 Å². The number of fused-ring (bicyclic) bond motifs is 1. The predicted octanol–water partition coefficient (Wildman–Crippen LogP) is 5.95. The zero-order chi connectivity index (χ0) is 21.7. The van der Waals surface area contributed by atoms with Gasteiger partial charge < -0.3 is 13.9 Å². The van der Waals surface area contributed by atoms with Gasteiger partial charge in [-0.1, -0.05) is 20.8 Å². The fourth-order valence-electron chi connectivity index (χ4n) is 3.19. The molecule has 6 nitrogen and oxygen atoms in total. The highest BCUT2D eigenvalue weighted by atomic mass is 79.9. The molecule has 0 saturated carbocycles. The lowest BCUT2D eigenvalue weighted by Gasteiger charge is -2.24. The van der Waals surface area contributed by atoms with Gasteiger partial charge in [0.2, 0.25) is 0 Å². The normalized spacial score (nSPS) is 17.1. The molecule has 1 fully saturated rings. The summed E-state index contributed by atoms with van der Waals surface area (Å²) < 4.78 is 16.6. The highest BCUT2D eigenvalue weighted by molar-refractivity contribution is 9.10. The van der Waals surface area contributed by atoms with Gasteiger partial charge in [0, 0.05) is 47.1 Å². The minimum atomic E-state index is -0.00353. The molecule has 30 heavy (non-hydrogen) atoms. The molecule has 0 bridgehead atoms. The van der Waals surface area contributed by atoms with E-state index < -0.39 is 0 Å². The zero-order valence-corrected chi connectivity index (χ0v) is 20.8. The van der Waals surface area contributed by atoms with Gasteiger partial charge in [-0.15, -0.1) is 0 Å². The highest BCUT2D eigenvalue weighted by Crippen LogP contribution is 2.32. The van der Waals surface area contributed by atoms with E-state index in [0.29, 0.717) is 11.4 Å². The van der Waals surface area contributed by atoms with E-state index in [1.807, 2.05) is 45.5 Å². The zero-order valence-electron chi connectivity index (χ0n) is 18.4. The van der Waals surface area contributed by atoms with Crippen molar-refractivity contribution in [1.82, 2.24) is 19.2 Å². The lowest BCUT2D eigenvalue weighted by molar-refractivity contribution is -0.0383. The van der Waals surface area contributed by atoms with Crippen LogP contribution in [0.4, 0.5) is 0 Å². The van der Waals surface area contributed by atoms with Crippen LogP contribution in [0.2, 0.25) is 0 Å². The van der Waals surface area contributed by atoms with Crippen molar-refractivity contribution in [1.29, 1.82) is 0 Å². The molecule has 0 amide bonds. The monoisotopic (exact) mass is 494 g/mol. The van der Waals surface area contributed by atoms with E-state index in [2.05, 4.69) is 54.1 Å². The van der Waals surface area contributed by atoms with E-state index in [9.17, 15) is 0 Å². The summed E-state index contributed by atoms with van der Waals surface area (Å²) in [7, 11) is 1.68. The Morgan fingerprint density at radius 1 is 1.30 bits per heavy atom. The van der Waals surface area contributed by atoms with Crippen molar-refractivity contribution >= 4 is 33.3 Å². The quantitative estimate of drug-likeness (QED) is 0.448. The molecule has 0 radical (unpaired) electrons. The third-order valence-corrected chi connectivity index (χ3v) is 6.51. The second-order valence-electron chi connectivity index (χ2n) is 8.27. The van der Waals surface area contributed by atoms with Crippen LogP contribution in [-0.2, 0) is 16.1 Å². The maximum absolute atomic E-state index is 5.91. The predicted molar refractivity (Wildman–Crippen MR) is 127 cm³/mol. The van der Waals surface area contributed by atoms with Gasteiger partial charge in [0.1, 0.15) is 5.65 Å². The van der Waals surface area contributed by atoms with Crippen LogP contribution in [0.25, 0.3) is 16.9 Å². The molecule has 1 unspecified atom stereocenters. The molecule has 3 aromatic rings. The Morgan fingerprint density at radius 2 is 2.07 bits per heavy atom. The molecule has 4 rings (SSSR count). The summed E-state index contributed by atoms with van der Waals surface area (Å²) in [6.07, 6.45) is 11.2. The maximum atomic E-state index is 5.91. The third-order valence-electron chi connectivity index (χ3n) is 4.85. The Hall–Kier alpha value is -1.35. The number of imidazole rings is 1. The first-order chi connectivity index (χ1) is 14.3. The molecule has 0 aromatic carbocycles. The standard InChI is InChI=1S/C17H19BrN4O2.C5H12S/c1-23-11-13-10-21-9-12(18)8-14(17(21)20-13)15-5-6-19-22(15)16-4-2-3-7-24-16;1-5(2,3)6-4/h5-6,8-10,16H,2-4,7,11H2,1H3;1-4H3. The van der Waals surface area contributed by atoms with Crippen molar-refractivity contribution in [2.75, 3.05) is 20.0 Å². The van der Waals surface area contributed by atoms with E-state index in [1.165, 1.54) is 6.42 Å². The van der Waals surface area contributed by atoms with Crippen molar-refractivity contribution in [2.24, 2.45) is 0 Å². The maximum Gasteiger partial charge on any atom is 0.150 e. The lowest BCUT2D eigenvalue weighted by atomic mass is 10.1. The fourth-order valence-corrected chi connectivity index (χ4v) is 3.64. The Bertz CT molecular complexity index is 958. The van der Waals surface area contributed by atoms with Crippen molar-refractivity contribution < 1.29 is 9.47 Å². The average molecular weight is 495 g/mol. The smallest absolute Gasteiger partial charge is 0.150 e. The number of hydrogen-bond donors (Lipinski definition) is 0. The summed E-state index contributed by atoms with van der Waals surface area (Å²) in [5, 5.41) is 4.51. The average Bonchev–Trinajstić information content (AvgIpc) is 3.35. The molecule has 164 valence electrons. The van der Waals surface area contributed by atoms with Crippen LogP contribution in [-0.4, -0.2) is 43.9 Å². The summed E-state index contributed by atoms with van der Waals surface area (Å²) in [6, 6.07) is 4.10. The summed E-state index contributed by atoms with van der Waals surface area (Å²) in [5.41, 5.74) is 3.83. The molecule has 1 saturated heterocycles. The number of pyridine rings is 1. The molecule has 1 aliphatic heterocycles. The number of halogens is 1. The number of methoxy groups -OCH3 is 1. The SMILES string of the molecule is COCc1cn2cc(Br)cc(-c3ccnn3C3CCCCO3)c2n1.CSC(C)(C)C. The number of aromatic nitrogens is 4.